The molecule has 0 aliphatic heterocycles. The van der Waals surface area contributed by atoms with Crippen LogP contribution in [0.2, 0.25) is 0 Å². The van der Waals surface area contributed by atoms with E-state index in [-0.39, 0.29) is 6.61 Å². The van der Waals surface area contributed by atoms with Gasteiger partial charge >= 0.3 is 0 Å². The van der Waals surface area contributed by atoms with Crippen LogP contribution in [0.5, 0.6) is 5.75 Å². The molecule has 0 aliphatic rings. The van der Waals surface area contributed by atoms with E-state index in [0.29, 0.717) is 13.2 Å². The zero-order chi connectivity index (χ0) is 18.0. The van der Waals surface area contributed by atoms with E-state index in [4.69, 9.17) is 9.84 Å². The first-order valence-electron chi connectivity index (χ1n) is 9.08. The molecule has 0 aromatic heterocycles. The van der Waals surface area contributed by atoms with Gasteiger partial charge in [0.15, 0.2) is 0 Å². The highest BCUT2D eigenvalue weighted by molar-refractivity contribution is 5.87. The van der Waals surface area contributed by atoms with Crippen molar-refractivity contribution in [3.8, 4) is 5.75 Å². The van der Waals surface area contributed by atoms with Gasteiger partial charge in [0.25, 0.3) is 0 Å². The number of aliphatic hydroxyl groups is 1. The van der Waals surface area contributed by atoms with E-state index in [0.717, 1.165) is 30.9 Å². The molecule has 3 rings (SSSR count). The van der Waals surface area contributed by atoms with Crippen molar-refractivity contribution in [1.82, 2.24) is 10.6 Å². The second-order valence-electron chi connectivity index (χ2n) is 6.19. The Bertz CT molecular complexity index is 806. The number of rotatable bonds is 10. The van der Waals surface area contributed by atoms with E-state index in [2.05, 4.69) is 59.2 Å². The summed E-state index contributed by atoms with van der Waals surface area (Å²) < 4.78 is 6.14. The monoisotopic (exact) mass is 350 g/mol. The highest BCUT2D eigenvalue weighted by Crippen LogP contribution is 2.28. The van der Waals surface area contributed by atoms with Crippen molar-refractivity contribution in [3.63, 3.8) is 0 Å². The van der Waals surface area contributed by atoms with Gasteiger partial charge in [-0.3, -0.25) is 0 Å². The van der Waals surface area contributed by atoms with Gasteiger partial charge in [0.2, 0.25) is 0 Å². The second-order valence-corrected chi connectivity index (χ2v) is 6.19. The summed E-state index contributed by atoms with van der Waals surface area (Å²) in [5, 5.41) is 17.9. The quantitative estimate of drug-likeness (QED) is 0.492. The van der Waals surface area contributed by atoms with E-state index in [1.807, 2.05) is 18.2 Å². The van der Waals surface area contributed by atoms with Crippen LogP contribution in [0.3, 0.4) is 0 Å². The average molecular weight is 350 g/mol. The van der Waals surface area contributed by atoms with Crippen molar-refractivity contribution in [2.45, 2.75) is 13.2 Å². The van der Waals surface area contributed by atoms with Gasteiger partial charge in [-0.25, -0.2) is 0 Å². The molecule has 0 saturated heterocycles. The highest BCUT2D eigenvalue weighted by atomic mass is 16.5. The standard InChI is InChI=1S/C22H26N2O2/c25-15-14-23-12-13-24-16-21-20-9-5-4-8-19(20)10-11-22(21)26-17-18-6-2-1-3-7-18/h1-11,23-25H,12-17H2. The lowest BCUT2D eigenvalue weighted by molar-refractivity contribution is 0.292. The van der Waals surface area contributed by atoms with Crippen LogP contribution in [-0.4, -0.2) is 31.3 Å². The molecular formula is C22H26N2O2. The molecule has 136 valence electrons. The van der Waals surface area contributed by atoms with Crippen LogP contribution in [0.1, 0.15) is 11.1 Å². The Labute approximate surface area is 154 Å². The Morgan fingerprint density at radius 1 is 0.769 bits per heavy atom. The van der Waals surface area contributed by atoms with Crippen LogP contribution < -0.4 is 15.4 Å². The zero-order valence-electron chi connectivity index (χ0n) is 14.9. The molecule has 0 amide bonds. The van der Waals surface area contributed by atoms with Crippen molar-refractivity contribution < 1.29 is 9.84 Å². The molecule has 4 heteroatoms. The molecule has 0 unspecified atom stereocenters. The lowest BCUT2D eigenvalue weighted by atomic mass is 10.0. The fourth-order valence-corrected chi connectivity index (χ4v) is 2.96. The maximum atomic E-state index is 8.81. The number of hydrogen-bond donors (Lipinski definition) is 3. The summed E-state index contributed by atoms with van der Waals surface area (Å²) in [6.45, 7) is 3.76. The van der Waals surface area contributed by atoms with Gasteiger partial charge < -0.3 is 20.5 Å². The van der Waals surface area contributed by atoms with Gasteiger partial charge in [-0.1, -0.05) is 60.7 Å². The Kier molecular flexibility index (Phi) is 7.02. The van der Waals surface area contributed by atoms with Crippen molar-refractivity contribution >= 4 is 10.8 Å². The van der Waals surface area contributed by atoms with Crippen LogP contribution in [0.15, 0.2) is 66.7 Å². The van der Waals surface area contributed by atoms with Crippen molar-refractivity contribution in [2.75, 3.05) is 26.2 Å². The molecule has 3 aromatic rings. The SMILES string of the molecule is OCCNCCNCc1c(OCc2ccccc2)ccc2ccccc12. The van der Waals surface area contributed by atoms with E-state index in [9.17, 15) is 0 Å². The maximum Gasteiger partial charge on any atom is 0.124 e. The second kappa shape index (κ2) is 9.92. The van der Waals surface area contributed by atoms with Crippen molar-refractivity contribution in [3.05, 3.63) is 77.9 Å². The number of benzene rings is 3. The third kappa shape index (κ3) is 5.05. The minimum Gasteiger partial charge on any atom is -0.489 e. The summed E-state index contributed by atoms with van der Waals surface area (Å²) in [6.07, 6.45) is 0. The minimum atomic E-state index is 0.167. The molecule has 0 heterocycles. The van der Waals surface area contributed by atoms with Crippen molar-refractivity contribution in [2.24, 2.45) is 0 Å². The normalized spacial score (nSPS) is 11.0. The third-order valence-corrected chi connectivity index (χ3v) is 4.30. The molecule has 0 fully saturated rings. The molecule has 26 heavy (non-hydrogen) atoms. The van der Waals surface area contributed by atoms with E-state index >= 15 is 0 Å². The fourth-order valence-electron chi connectivity index (χ4n) is 2.96. The summed E-state index contributed by atoms with van der Waals surface area (Å²) >= 11 is 0. The molecule has 0 saturated carbocycles. The molecule has 0 atom stereocenters. The van der Waals surface area contributed by atoms with Crippen LogP contribution in [-0.2, 0) is 13.2 Å². The minimum absolute atomic E-state index is 0.167. The van der Waals surface area contributed by atoms with Crippen LogP contribution in [0, 0.1) is 0 Å². The number of fused-ring (bicyclic) bond motifs is 1. The summed E-state index contributed by atoms with van der Waals surface area (Å²) in [7, 11) is 0. The molecule has 0 aliphatic carbocycles. The predicted octanol–water partition coefficient (Wildman–Crippen LogP) is 3.09. The molecule has 0 spiro atoms. The lowest BCUT2D eigenvalue weighted by Gasteiger charge is -2.15. The van der Waals surface area contributed by atoms with Crippen LogP contribution in [0.4, 0.5) is 0 Å². The Morgan fingerprint density at radius 3 is 2.38 bits per heavy atom. The highest BCUT2D eigenvalue weighted by Gasteiger charge is 2.09. The largest absolute Gasteiger partial charge is 0.489 e. The molecule has 3 N–H and O–H groups in total. The Morgan fingerprint density at radius 2 is 1.54 bits per heavy atom. The number of aliphatic hydroxyl groups excluding tert-OH is 1. The summed E-state index contributed by atoms with van der Waals surface area (Å²) in [6, 6.07) is 22.8. The molecule has 4 nitrogen and oxygen atoms in total. The Balaban J connectivity index is 1.71. The predicted molar refractivity (Wildman–Crippen MR) is 106 cm³/mol. The molecule has 0 bridgehead atoms. The average Bonchev–Trinajstić information content (AvgIpc) is 2.70. The van der Waals surface area contributed by atoms with E-state index < -0.39 is 0 Å². The van der Waals surface area contributed by atoms with Gasteiger partial charge in [0, 0.05) is 31.7 Å². The number of hydrogen-bond acceptors (Lipinski definition) is 4. The van der Waals surface area contributed by atoms with Gasteiger partial charge in [0.05, 0.1) is 6.61 Å². The summed E-state index contributed by atoms with van der Waals surface area (Å²) in [4.78, 5) is 0. The first kappa shape index (κ1) is 18.4. The number of nitrogens with one attached hydrogen (secondary N) is 2. The fraction of sp³-hybridized carbons (Fsp3) is 0.273. The number of ether oxygens (including phenoxy) is 1. The summed E-state index contributed by atoms with van der Waals surface area (Å²) in [5.41, 5.74) is 2.34. The molecular weight excluding hydrogens is 324 g/mol. The van der Waals surface area contributed by atoms with Crippen LogP contribution in [0.25, 0.3) is 10.8 Å². The van der Waals surface area contributed by atoms with E-state index in [1.54, 1.807) is 0 Å². The van der Waals surface area contributed by atoms with Gasteiger partial charge in [-0.2, -0.15) is 0 Å². The van der Waals surface area contributed by atoms with Crippen LogP contribution >= 0.6 is 0 Å². The summed E-state index contributed by atoms with van der Waals surface area (Å²) in [5.74, 6) is 0.920. The first-order valence-corrected chi connectivity index (χ1v) is 9.08. The first-order chi connectivity index (χ1) is 12.9. The molecule has 3 aromatic carbocycles. The van der Waals surface area contributed by atoms with Gasteiger partial charge in [-0.15, -0.1) is 0 Å². The zero-order valence-corrected chi connectivity index (χ0v) is 14.9. The molecule has 0 radical (unpaired) electrons. The third-order valence-electron chi connectivity index (χ3n) is 4.30. The van der Waals surface area contributed by atoms with E-state index in [1.165, 1.54) is 16.3 Å². The van der Waals surface area contributed by atoms with Gasteiger partial charge in [-0.05, 0) is 22.4 Å². The van der Waals surface area contributed by atoms with Crippen molar-refractivity contribution in [1.29, 1.82) is 0 Å². The lowest BCUT2D eigenvalue weighted by Crippen LogP contribution is -2.29. The maximum absolute atomic E-state index is 8.81. The van der Waals surface area contributed by atoms with Gasteiger partial charge in [0.1, 0.15) is 12.4 Å². The topological polar surface area (TPSA) is 53.5 Å². The smallest absolute Gasteiger partial charge is 0.124 e. The Hall–Kier alpha value is -2.40.